The van der Waals surface area contributed by atoms with Crippen LogP contribution in [0.15, 0.2) is 6.20 Å². The number of halogens is 5. The van der Waals surface area contributed by atoms with Gasteiger partial charge in [0, 0.05) is 6.20 Å². The molecule has 1 aromatic heterocycles. The van der Waals surface area contributed by atoms with Gasteiger partial charge in [-0.15, -0.1) is 0 Å². The molecule has 9 heteroatoms. The van der Waals surface area contributed by atoms with Gasteiger partial charge in [0.25, 0.3) is 6.43 Å². The Hall–Kier alpha value is -1.80. The average molecular weight is 256 g/mol. The zero-order valence-corrected chi connectivity index (χ0v) is 8.26. The second kappa shape index (κ2) is 4.22. The molecule has 0 saturated heterocycles. The number of nitro groups is 1. The van der Waals surface area contributed by atoms with Crippen LogP contribution in [0.25, 0.3) is 0 Å². The quantitative estimate of drug-likeness (QED) is 0.463. The third-order valence-electron chi connectivity index (χ3n) is 1.94. The van der Waals surface area contributed by atoms with Crippen LogP contribution in [0.4, 0.5) is 27.6 Å². The molecule has 1 aromatic rings. The number of alkyl halides is 5. The summed E-state index contributed by atoms with van der Waals surface area (Å²) in [5.74, 6) is 0. The van der Waals surface area contributed by atoms with Crippen LogP contribution < -0.4 is 0 Å². The van der Waals surface area contributed by atoms with E-state index < -0.39 is 40.0 Å². The number of nitrogens with zero attached hydrogens (tertiary/aromatic N) is 2. The summed E-state index contributed by atoms with van der Waals surface area (Å²) in [5.41, 5.74) is -5.43. The first-order valence-electron chi connectivity index (χ1n) is 4.15. The van der Waals surface area contributed by atoms with Crippen molar-refractivity contribution in [1.29, 1.82) is 0 Å². The number of rotatable bonds is 2. The highest BCUT2D eigenvalue weighted by Gasteiger charge is 2.43. The SMILES string of the molecule is Cc1cnc(C(F)F)c([N+](=O)[O-])c1C(F)(F)F. The smallest absolute Gasteiger partial charge is 0.258 e. The number of pyridine rings is 1. The summed E-state index contributed by atoms with van der Waals surface area (Å²) in [6.07, 6.45) is -7.99. The van der Waals surface area contributed by atoms with Crippen molar-refractivity contribution < 1.29 is 26.9 Å². The molecule has 0 aromatic carbocycles. The van der Waals surface area contributed by atoms with E-state index in [1.807, 2.05) is 0 Å². The molecular formula is C8H5F5N2O2. The van der Waals surface area contributed by atoms with Crippen LogP contribution in [-0.2, 0) is 6.18 Å². The highest BCUT2D eigenvalue weighted by Crippen LogP contribution is 2.41. The number of hydrogen-bond donors (Lipinski definition) is 0. The predicted molar refractivity (Wildman–Crippen MR) is 45.6 cm³/mol. The minimum absolute atomic E-state index is 0.539. The van der Waals surface area contributed by atoms with Gasteiger partial charge in [0.05, 0.1) is 4.92 Å². The van der Waals surface area contributed by atoms with Crippen molar-refractivity contribution in [1.82, 2.24) is 4.98 Å². The molecule has 1 heterocycles. The van der Waals surface area contributed by atoms with Crippen molar-refractivity contribution in [2.24, 2.45) is 0 Å². The fourth-order valence-corrected chi connectivity index (χ4v) is 1.31. The number of aryl methyl sites for hydroxylation is 1. The topological polar surface area (TPSA) is 56.0 Å². The highest BCUT2D eigenvalue weighted by atomic mass is 19.4. The summed E-state index contributed by atoms with van der Waals surface area (Å²) < 4.78 is 62.3. The molecule has 0 amide bonds. The lowest BCUT2D eigenvalue weighted by atomic mass is 10.1. The molecule has 0 atom stereocenters. The van der Waals surface area contributed by atoms with Gasteiger partial charge in [-0.25, -0.2) is 13.8 Å². The zero-order chi connectivity index (χ0) is 13.4. The van der Waals surface area contributed by atoms with Gasteiger partial charge < -0.3 is 0 Å². The first-order chi connectivity index (χ1) is 7.66. The van der Waals surface area contributed by atoms with Crippen LogP contribution in [0.2, 0.25) is 0 Å². The molecule has 0 N–H and O–H groups in total. The van der Waals surface area contributed by atoms with E-state index >= 15 is 0 Å². The van der Waals surface area contributed by atoms with Gasteiger partial charge in [-0.1, -0.05) is 0 Å². The number of hydrogen-bond acceptors (Lipinski definition) is 3. The van der Waals surface area contributed by atoms with E-state index in [0.29, 0.717) is 6.20 Å². The van der Waals surface area contributed by atoms with Crippen LogP contribution in [0.3, 0.4) is 0 Å². The molecule has 0 radical (unpaired) electrons. The van der Waals surface area contributed by atoms with Crippen LogP contribution in [0, 0.1) is 17.0 Å². The second-order valence-electron chi connectivity index (χ2n) is 3.11. The molecule has 17 heavy (non-hydrogen) atoms. The Kier molecular flexibility index (Phi) is 3.30. The van der Waals surface area contributed by atoms with Gasteiger partial charge in [-0.3, -0.25) is 10.1 Å². The largest absolute Gasteiger partial charge is 0.423 e. The molecule has 1 rings (SSSR count). The molecule has 0 bridgehead atoms. The summed E-state index contributed by atoms with van der Waals surface area (Å²) >= 11 is 0. The molecular weight excluding hydrogens is 251 g/mol. The Bertz CT molecular complexity index is 458. The van der Waals surface area contributed by atoms with Crippen molar-refractivity contribution in [3.63, 3.8) is 0 Å². The molecule has 0 fully saturated rings. The molecule has 0 saturated carbocycles. The fraction of sp³-hybridized carbons (Fsp3) is 0.375. The van der Waals surface area contributed by atoms with Gasteiger partial charge in [-0.2, -0.15) is 13.2 Å². The first-order valence-corrected chi connectivity index (χ1v) is 4.15. The highest BCUT2D eigenvalue weighted by molar-refractivity contribution is 5.50. The third kappa shape index (κ3) is 2.48. The van der Waals surface area contributed by atoms with E-state index in [1.165, 1.54) is 0 Å². The number of aromatic nitrogens is 1. The summed E-state index contributed by atoms with van der Waals surface area (Å²) in [6, 6.07) is 0. The van der Waals surface area contributed by atoms with Crippen LogP contribution in [0.1, 0.15) is 23.2 Å². The summed E-state index contributed by atoms with van der Waals surface area (Å²) in [7, 11) is 0. The molecule has 0 aliphatic rings. The van der Waals surface area contributed by atoms with Crippen molar-refractivity contribution in [2.75, 3.05) is 0 Å². The summed E-state index contributed by atoms with van der Waals surface area (Å²) in [4.78, 5) is 12.0. The summed E-state index contributed by atoms with van der Waals surface area (Å²) in [5, 5.41) is 10.5. The summed E-state index contributed by atoms with van der Waals surface area (Å²) in [6.45, 7) is 0.915. The first kappa shape index (κ1) is 13.3. The molecule has 0 unspecified atom stereocenters. The van der Waals surface area contributed by atoms with Crippen molar-refractivity contribution in [3.05, 3.63) is 33.1 Å². The van der Waals surface area contributed by atoms with E-state index in [9.17, 15) is 32.1 Å². The van der Waals surface area contributed by atoms with Gasteiger partial charge in [0.1, 0.15) is 5.56 Å². The molecule has 0 aliphatic carbocycles. The van der Waals surface area contributed by atoms with Crippen molar-refractivity contribution in [2.45, 2.75) is 19.5 Å². The third-order valence-corrected chi connectivity index (χ3v) is 1.94. The lowest BCUT2D eigenvalue weighted by Gasteiger charge is -2.12. The maximum atomic E-state index is 12.5. The normalized spacial score (nSPS) is 11.9. The Balaban J connectivity index is 3.67. The Morgan fingerprint density at radius 1 is 1.41 bits per heavy atom. The Morgan fingerprint density at radius 3 is 2.29 bits per heavy atom. The van der Waals surface area contributed by atoms with Gasteiger partial charge in [0.2, 0.25) is 0 Å². The molecule has 4 nitrogen and oxygen atoms in total. The lowest BCUT2D eigenvalue weighted by Crippen LogP contribution is -2.14. The van der Waals surface area contributed by atoms with Crippen molar-refractivity contribution >= 4 is 5.69 Å². The van der Waals surface area contributed by atoms with E-state index in [4.69, 9.17) is 0 Å². The Morgan fingerprint density at radius 2 is 1.94 bits per heavy atom. The zero-order valence-electron chi connectivity index (χ0n) is 8.26. The van der Waals surface area contributed by atoms with Gasteiger partial charge in [-0.05, 0) is 12.5 Å². The standard InChI is InChI=1S/C8H5F5N2O2/c1-3-2-14-5(7(9)10)6(15(16)17)4(3)8(11,12)13/h2,7H,1H3. The average Bonchev–Trinajstić information content (AvgIpc) is 2.14. The predicted octanol–water partition coefficient (Wildman–Crippen LogP) is 3.25. The maximum absolute atomic E-state index is 12.5. The van der Waals surface area contributed by atoms with E-state index in [0.717, 1.165) is 6.92 Å². The molecule has 0 spiro atoms. The van der Waals surface area contributed by atoms with Crippen molar-refractivity contribution in [3.8, 4) is 0 Å². The molecule has 94 valence electrons. The maximum Gasteiger partial charge on any atom is 0.423 e. The van der Waals surface area contributed by atoms with E-state index in [2.05, 4.69) is 4.98 Å². The van der Waals surface area contributed by atoms with Gasteiger partial charge >= 0.3 is 11.9 Å². The van der Waals surface area contributed by atoms with Crippen LogP contribution in [0.5, 0.6) is 0 Å². The minimum Gasteiger partial charge on any atom is -0.258 e. The van der Waals surface area contributed by atoms with Crippen LogP contribution >= 0.6 is 0 Å². The molecule has 0 aliphatic heterocycles. The fourth-order valence-electron chi connectivity index (χ4n) is 1.31. The van der Waals surface area contributed by atoms with E-state index in [-0.39, 0.29) is 0 Å². The van der Waals surface area contributed by atoms with E-state index in [1.54, 1.807) is 0 Å². The minimum atomic E-state index is -5.08. The van der Waals surface area contributed by atoms with Crippen LogP contribution in [-0.4, -0.2) is 9.91 Å². The lowest BCUT2D eigenvalue weighted by molar-refractivity contribution is -0.389. The Labute approximate surface area is 91.2 Å². The van der Waals surface area contributed by atoms with Gasteiger partial charge in [0.15, 0.2) is 5.69 Å². The second-order valence-corrected chi connectivity index (χ2v) is 3.11. The monoisotopic (exact) mass is 256 g/mol.